The molecule has 206 valence electrons. The van der Waals surface area contributed by atoms with Crippen LogP contribution in [-0.2, 0) is 5.54 Å². The fourth-order valence-electron chi connectivity index (χ4n) is 5.73. The summed E-state index contributed by atoms with van der Waals surface area (Å²) in [5.41, 5.74) is 8.61. The Morgan fingerprint density at radius 3 is 1.86 bits per heavy atom. The first-order valence-electron chi connectivity index (χ1n) is 13.9. The first-order chi connectivity index (χ1) is 20.5. The highest BCUT2D eigenvalue weighted by Gasteiger charge is 2.38. The molecule has 6 aromatic rings. The number of hydrogen-bond acceptors (Lipinski definition) is 1. The predicted molar refractivity (Wildman–Crippen MR) is 174 cm³/mol. The van der Waals surface area contributed by atoms with E-state index in [0.29, 0.717) is 4.47 Å². The smallest absolute Gasteiger partial charge is 0.137 e. The molecule has 0 amide bonds. The van der Waals surface area contributed by atoms with Gasteiger partial charge in [-0.1, -0.05) is 115 Å². The van der Waals surface area contributed by atoms with Crippen molar-refractivity contribution >= 4 is 27.6 Å². The van der Waals surface area contributed by atoms with Crippen molar-refractivity contribution < 1.29 is 4.39 Å². The van der Waals surface area contributed by atoms with Crippen LogP contribution >= 0.6 is 15.9 Å². The molecule has 0 unspecified atom stereocenters. The third kappa shape index (κ3) is 5.03. The lowest BCUT2D eigenvalue weighted by atomic mass is 9.76. The summed E-state index contributed by atoms with van der Waals surface area (Å²) >= 11 is 3.29. The van der Waals surface area contributed by atoms with E-state index in [2.05, 4.69) is 132 Å². The Morgan fingerprint density at radius 2 is 1.31 bits per heavy atom. The van der Waals surface area contributed by atoms with Gasteiger partial charge in [-0.25, -0.2) is 9.37 Å². The predicted octanol–water partition coefficient (Wildman–Crippen LogP) is 9.83. The van der Waals surface area contributed by atoms with Crippen LogP contribution < -0.4 is 0 Å². The molecule has 0 atom stereocenters. The molecule has 0 spiro atoms. The molecule has 0 saturated heterocycles. The molecule has 0 aliphatic rings. The minimum atomic E-state index is -0.675. The number of aromatic nitrogens is 2. The van der Waals surface area contributed by atoms with Gasteiger partial charge in [0.2, 0.25) is 0 Å². The molecule has 0 aliphatic heterocycles. The topological polar surface area (TPSA) is 17.8 Å². The number of hydrogen-bond donors (Lipinski definition) is 0. The SMILES string of the molecule is Cc1cccc(/C(=C/c2ccc(Br)c(F)c2)c2cn(C(c3ccccc3)(c3ccccc3)c3ccccc3)cn2)c1C. The van der Waals surface area contributed by atoms with Crippen molar-refractivity contribution in [3.8, 4) is 0 Å². The number of imidazole rings is 1. The fourth-order valence-corrected chi connectivity index (χ4v) is 5.98. The number of rotatable bonds is 7. The van der Waals surface area contributed by atoms with Gasteiger partial charge in [-0.3, -0.25) is 0 Å². The summed E-state index contributed by atoms with van der Waals surface area (Å²) in [6.07, 6.45) is 6.07. The van der Waals surface area contributed by atoms with Crippen molar-refractivity contribution in [3.63, 3.8) is 0 Å². The summed E-state index contributed by atoms with van der Waals surface area (Å²) in [6.45, 7) is 4.24. The molecule has 0 N–H and O–H groups in total. The van der Waals surface area contributed by atoms with Crippen molar-refractivity contribution in [1.82, 2.24) is 9.55 Å². The molecule has 1 aromatic heterocycles. The van der Waals surface area contributed by atoms with Crippen molar-refractivity contribution in [2.75, 3.05) is 0 Å². The lowest BCUT2D eigenvalue weighted by molar-refractivity contribution is 0.514. The zero-order valence-corrected chi connectivity index (χ0v) is 25.1. The van der Waals surface area contributed by atoms with Gasteiger partial charge in [-0.15, -0.1) is 0 Å². The van der Waals surface area contributed by atoms with E-state index in [4.69, 9.17) is 4.98 Å². The third-order valence-corrected chi connectivity index (χ3v) is 8.61. The molecule has 0 radical (unpaired) electrons. The van der Waals surface area contributed by atoms with Crippen LogP contribution in [0.3, 0.4) is 0 Å². The van der Waals surface area contributed by atoms with Crippen LogP contribution in [0.15, 0.2) is 144 Å². The van der Waals surface area contributed by atoms with Crippen LogP contribution in [0.4, 0.5) is 4.39 Å². The Morgan fingerprint density at radius 1 is 0.738 bits per heavy atom. The van der Waals surface area contributed by atoms with Gasteiger partial charge in [-0.2, -0.15) is 0 Å². The van der Waals surface area contributed by atoms with Gasteiger partial charge >= 0.3 is 0 Å². The summed E-state index contributed by atoms with van der Waals surface area (Å²) in [6, 6.07) is 43.1. The summed E-state index contributed by atoms with van der Waals surface area (Å²) in [7, 11) is 0. The Balaban J connectivity index is 1.63. The molecule has 4 heteroatoms. The molecule has 1 heterocycles. The minimum absolute atomic E-state index is 0.300. The molecular weight excluding hydrogens is 583 g/mol. The van der Waals surface area contributed by atoms with E-state index in [0.717, 1.165) is 44.6 Å². The van der Waals surface area contributed by atoms with Gasteiger partial charge in [0.05, 0.1) is 16.5 Å². The maximum atomic E-state index is 14.6. The van der Waals surface area contributed by atoms with Crippen LogP contribution in [0, 0.1) is 19.7 Å². The maximum Gasteiger partial charge on any atom is 0.137 e. The first kappa shape index (κ1) is 27.6. The zero-order chi connectivity index (χ0) is 29.1. The third-order valence-electron chi connectivity index (χ3n) is 7.97. The normalized spacial score (nSPS) is 12.0. The maximum absolute atomic E-state index is 14.6. The first-order valence-corrected chi connectivity index (χ1v) is 14.7. The van der Waals surface area contributed by atoms with Gasteiger partial charge in [0, 0.05) is 11.8 Å². The summed E-state index contributed by atoms with van der Waals surface area (Å²) in [4.78, 5) is 5.03. The Labute approximate surface area is 255 Å². The second-order valence-corrected chi connectivity index (χ2v) is 11.3. The lowest BCUT2D eigenvalue weighted by Gasteiger charge is -2.37. The summed E-state index contributed by atoms with van der Waals surface area (Å²) < 4.78 is 17.3. The average Bonchev–Trinajstić information content (AvgIpc) is 3.51. The average molecular weight is 614 g/mol. The van der Waals surface area contributed by atoms with Gasteiger partial charge in [0.25, 0.3) is 0 Å². The molecule has 5 aromatic carbocycles. The second-order valence-electron chi connectivity index (χ2n) is 10.5. The molecule has 0 saturated carbocycles. The standard InChI is InChI=1S/C38H30BrFN2/c1-27-13-12-20-33(28(27)2)34(23-29-21-22-35(39)36(40)24-29)37-25-42(26-41-37)38(30-14-6-3-7-15-30,31-16-8-4-9-17-31)32-18-10-5-11-19-32/h3-26H,1-2H3/b34-23-. The highest BCUT2D eigenvalue weighted by Crippen LogP contribution is 2.41. The highest BCUT2D eigenvalue weighted by molar-refractivity contribution is 9.10. The zero-order valence-electron chi connectivity index (χ0n) is 23.5. The number of halogens is 2. The lowest BCUT2D eigenvalue weighted by Crippen LogP contribution is -2.36. The highest BCUT2D eigenvalue weighted by atomic mass is 79.9. The molecule has 42 heavy (non-hydrogen) atoms. The minimum Gasteiger partial charge on any atom is -0.318 e. The van der Waals surface area contributed by atoms with Gasteiger partial charge < -0.3 is 4.57 Å². The van der Waals surface area contributed by atoms with Crippen molar-refractivity contribution in [2.45, 2.75) is 19.4 Å². The summed E-state index contributed by atoms with van der Waals surface area (Å²) in [5.74, 6) is -0.300. The van der Waals surface area contributed by atoms with Crippen LogP contribution in [0.1, 0.15) is 44.6 Å². The number of aryl methyl sites for hydroxylation is 1. The Kier molecular flexibility index (Phi) is 7.73. The van der Waals surface area contributed by atoms with Crippen molar-refractivity contribution in [1.29, 1.82) is 0 Å². The number of benzene rings is 5. The quantitative estimate of drug-likeness (QED) is 0.130. The molecule has 0 bridgehead atoms. The van der Waals surface area contributed by atoms with E-state index < -0.39 is 5.54 Å². The number of nitrogens with zero attached hydrogens (tertiary/aromatic N) is 2. The van der Waals surface area contributed by atoms with E-state index >= 15 is 0 Å². The van der Waals surface area contributed by atoms with E-state index in [-0.39, 0.29) is 5.82 Å². The van der Waals surface area contributed by atoms with Crippen molar-refractivity contribution in [3.05, 3.63) is 195 Å². The molecule has 0 aliphatic carbocycles. The van der Waals surface area contributed by atoms with Gasteiger partial charge in [-0.05, 0) is 86.9 Å². The monoisotopic (exact) mass is 612 g/mol. The van der Waals surface area contributed by atoms with E-state index in [1.165, 1.54) is 5.56 Å². The Hall–Kier alpha value is -4.54. The Bertz CT molecular complexity index is 1760. The van der Waals surface area contributed by atoms with E-state index in [9.17, 15) is 4.39 Å². The van der Waals surface area contributed by atoms with Crippen molar-refractivity contribution in [2.24, 2.45) is 0 Å². The van der Waals surface area contributed by atoms with Crippen LogP contribution in [0.25, 0.3) is 11.6 Å². The van der Waals surface area contributed by atoms with Gasteiger partial charge in [0.15, 0.2) is 0 Å². The van der Waals surface area contributed by atoms with Crippen LogP contribution in [0.2, 0.25) is 0 Å². The molecular formula is C38H30BrFN2. The molecule has 6 rings (SSSR count). The molecule has 2 nitrogen and oxygen atoms in total. The van der Waals surface area contributed by atoms with E-state index in [1.54, 1.807) is 12.1 Å². The van der Waals surface area contributed by atoms with Crippen LogP contribution in [0.5, 0.6) is 0 Å². The fraction of sp³-hybridized carbons (Fsp3) is 0.0789. The van der Waals surface area contributed by atoms with E-state index in [1.807, 2.05) is 36.7 Å². The molecule has 0 fully saturated rings. The second kappa shape index (κ2) is 11.8. The largest absolute Gasteiger partial charge is 0.318 e. The van der Waals surface area contributed by atoms with Crippen LogP contribution in [-0.4, -0.2) is 9.55 Å². The van der Waals surface area contributed by atoms with Gasteiger partial charge in [0.1, 0.15) is 11.4 Å². The summed E-state index contributed by atoms with van der Waals surface area (Å²) in [5, 5.41) is 0.